The first kappa shape index (κ1) is 76.6. The minimum absolute atomic E-state index is 0.0987. The lowest BCUT2D eigenvalue weighted by molar-refractivity contribution is -0.166. The number of hydrogen-bond acceptors (Lipinski definition) is 6. The van der Waals surface area contributed by atoms with Crippen LogP contribution in [0.15, 0.2) is 85.1 Å². The Hall–Kier alpha value is -3.41. The van der Waals surface area contributed by atoms with Crippen LogP contribution in [0.25, 0.3) is 0 Å². The average molecular weight is 1120 g/mol. The first-order chi connectivity index (χ1) is 39.5. The second kappa shape index (κ2) is 68.1. The molecule has 0 rings (SSSR count). The van der Waals surface area contributed by atoms with Crippen LogP contribution in [0.4, 0.5) is 0 Å². The summed E-state index contributed by atoms with van der Waals surface area (Å²) in [6, 6.07) is 0. The molecule has 0 spiro atoms. The summed E-state index contributed by atoms with van der Waals surface area (Å²) < 4.78 is 16.8. The Morgan fingerprint density at radius 1 is 0.263 bits per heavy atom. The maximum absolute atomic E-state index is 12.9. The van der Waals surface area contributed by atoms with Gasteiger partial charge in [-0.2, -0.15) is 0 Å². The molecule has 0 amide bonds. The predicted octanol–water partition coefficient (Wildman–Crippen LogP) is 23.8. The van der Waals surface area contributed by atoms with Crippen molar-refractivity contribution in [3.63, 3.8) is 0 Å². The van der Waals surface area contributed by atoms with Gasteiger partial charge in [0, 0.05) is 19.3 Å². The van der Waals surface area contributed by atoms with Crippen LogP contribution in [0.1, 0.15) is 348 Å². The fourth-order valence-corrected chi connectivity index (χ4v) is 9.96. The van der Waals surface area contributed by atoms with Crippen molar-refractivity contribution in [3.05, 3.63) is 85.1 Å². The summed E-state index contributed by atoms with van der Waals surface area (Å²) in [6.45, 7) is 6.47. The van der Waals surface area contributed by atoms with E-state index in [1.54, 1.807) is 0 Å². The lowest BCUT2D eigenvalue weighted by Gasteiger charge is -2.18. The van der Waals surface area contributed by atoms with Crippen molar-refractivity contribution in [2.75, 3.05) is 13.2 Å². The number of esters is 3. The van der Waals surface area contributed by atoms with Gasteiger partial charge in [0.15, 0.2) is 6.10 Å². The Labute approximate surface area is 496 Å². The third-order valence-electron chi connectivity index (χ3n) is 15.1. The molecule has 80 heavy (non-hydrogen) atoms. The molecule has 0 radical (unpaired) electrons. The molecule has 1 atom stereocenters. The van der Waals surface area contributed by atoms with Crippen molar-refractivity contribution in [1.29, 1.82) is 0 Å². The Morgan fingerprint density at radius 2 is 0.512 bits per heavy atom. The lowest BCUT2D eigenvalue weighted by Crippen LogP contribution is -2.30. The average Bonchev–Trinajstić information content (AvgIpc) is 3.46. The van der Waals surface area contributed by atoms with Gasteiger partial charge in [-0.25, -0.2) is 0 Å². The van der Waals surface area contributed by atoms with Crippen molar-refractivity contribution in [3.8, 4) is 0 Å². The number of ether oxygens (including phenoxy) is 3. The topological polar surface area (TPSA) is 78.9 Å². The molecule has 0 fully saturated rings. The van der Waals surface area contributed by atoms with Crippen LogP contribution in [0.5, 0.6) is 0 Å². The second-order valence-corrected chi connectivity index (χ2v) is 23.1. The van der Waals surface area contributed by atoms with Crippen LogP contribution < -0.4 is 0 Å². The van der Waals surface area contributed by atoms with E-state index < -0.39 is 6.10 Å². The van der Waals surface area contributed by atoms with E-state index >= 15 is 0 Å². The highest BCUT2D eigenvalue weighted by molar-refractivity contribution is 5.71. The molecular weight excluding hydrogens is 985 g/mol. The minimum Gasteiger partial charge on any atom is -0.462 e. The van der Waals surface area contributed by atoms with E-state index in [0.717, 1.165) is 83.5 Å². The smallest absolute Gasteiger partial charge is 0.306 e. The maximum atomic E-state index is 12.9. The van der Waals surface area contributed by atoms with Crippen molar-refractivity contribution < 1.29 is 28.6 Å². The van der Waals surface area contributed by atoms with Crippen LogP contribution in [0.3, 0.4) is 0 Å². The van der Waals surface area contributed by atoms with E-state index in [4.69, 9.17) is 14.2 Å². The Balaban J connectivity index is 4.09. The van der Waals surface area contributed by atoms with Crippen LogP contribution in [0, 0.1) is 0 Å². The van der Waals surface area contributed by atoms with Gasteiger partial charge in [0.25, 0.3) is 0 Å². The Morgan fingerprint density at radius 3 is 0.850 bits per heavy atom. The Kier molecular flexibility index (Phi) is 65.2. The lowest BCUT2D eigenvalue weighted by atomic mass is 10.0. The predicted molar refractivity (Wildman–Crippen MR) is 348 cm³/mol. The number of unbranched alkanes of at least 4 members (excludes halogenated alkanes) is 38. The van der Waals surface area contributed by atoms with Crippen LogP contribution in [-0.2, 0) is 28.6 Å². The summed E-state index contributed by atoms with van der Waals surface area (Å²) in [5.41, 5.74) is 0. The van der Waals surface area contributed by atoms with Gasteiger partial charge in [0.05, 0.1) is 0 Å². The molecule has 0 N–H and O–H groups in total. The highest BCUT2D eigenvalue weighted by Crippen LogP contribution is 2.17. The molecule has 462 valence electrons. The zero-order chi connectivity index (χ0) is 57.8. The molecule has 6 heteroatoms. The van der Waals surface area contributed by atoms with Crippen LogP contribution in [0.2, 0.25) is 0 Å². The third kappa shape index (κ3) is 65.4. The highest BCUT2D eigenvalue weighted by atomic mass is 16.6. The molecular formula is C74H130O6. The molecule has 0 aromatic rings. The minimum atomic E-state index is -0.808. The van der Waals surface area contributed by atoms with Gasteiger partial charge in [-0.05, 0) is 103 Å². The van der Waals surface area contributed by atoms with E-state index in [1.807, 2.05) is 6.08 Å². The third-order valence-corrected chi connectivity index (χ3v) is 15.1. The largest absolute Gasteiger partial charge is 0.462 e. The van der Waals surface area contributed by atoms with Crippen LogP contribution in [-0.4, -0.2) is 37.2 Å². The van der Waals surface area contributed by atoms with E-state index in [9.17, 15) is 14.4 Å². The van der Waals surface area contributed by atoms with E-state index in [-0.39, 0.29) is 37.5 Å². The molecule has 0 aliphatic carbocycles. The van der Waals surface area contributed by atoms with Crippen molar-refractivity contribution in [1.82, 2.24) is 0 Å². The van der Waals surface area contributed by atoms with E-state index in [0.29, 0.717) is 19.3 Å². The number of allylic oxidation sites excluding steroid dienone is 14. The highest BCUT2D eigenvalue weighted by Gasteiger charge is 2.19. The molecule has 0 saturated carbocycles. The molecule has 0 heterocycles. The zero-order valence-corrected chi connectivity index (χ0v) is 53.1. The van der Waals surface area contributed by atoms with Crippen molar-refractivity contribution in [2.24, 2.45) is 0 Å². The summed E-state index contributed by atoms with van der Waals surface area (Å²) in [7, 11) is 0. The van der Waals surface area contributed by atoms with Crippen LogP contribution >= 0.6 is 0 Å². The summed E-state index contributed by atoms with van der Waals surface area (Å²) in [6.07, 6.45) is 90.8. The quantitative estimate of drug-likeness (QED) is 0.0261. The van der Waals surface area contributed by atoms with Gasteiger partial charge < -0.3 is 14.2 Å². The standard InChI is InChI=1S/C74H130O6/c1-4-7-10-13-16-19-22-25-27-28-29-30-31-32-33-34-35-36-37-38-39-40-41-42-43-44-45-46-47-50-52-55-58-61-64-67-73(76)79-70-71(69-78-72(75)66-63-60-57-54-51-48-24-21-18-15-12-9-6-3)80-74(77)68-65-62-59-56-53-49-26-23-20-17-14-11-8-5-2/h9,12,18,21-23,25-26,28-29,48,51,57,60,71H,4-8,10-11,13-17,19-20,24,27,30-47,49-50,52-56,58-59,61-70H2,1-3H3/b12-9-,21-18-,25-22-,26-23-,29-28-,51-48-,60-57-. The number of rotatable bonds is 63. The monoisotopic (exact) mass is 1110 g/mol. The van der Waals surface area contributed by atoms with Crippen molar-refractivity contribution >= 4 is 17.9 Å². The summed E-state index contributed by atoms with van der Waals surface area (Å²) >= 11 is 0. The fourth-order valence-electron chi connectivity index (χ4n) is 9.96. The molecule has 0 aliphatic rings. The molecule has 0 aliphatic heterocycles. The van der Waals surface area contributed by atoms with Gasteiger partial charge in [-0.1, -0.05) is 311 Å². The SMILES string of the molecule is CC/C=C\C/C=C\C/C=C\C/C=C\CCC(=O)OCC(COC(=O)CCCCCCCCCCCCCCCCCCCCCCCCC/C=C\C/C=C\CCCCCCC)OC(=O)CCCCCCC/C=C\CCCCCCC. The molecule has 6 nitrogen and oxygen atoms in total. The summed E-state index contributed by atoms with van der Waals surface area (Å²) in [4.78, 5) is 38.2. The molecule has 0 bridgehead atoms. The summed E-state index contributed by atoms with van der Waals surface area (Å²) in [5, 5.41) is 0. The van der Waals surface area contributed by atoms with Gasteiger partial charge in [0.1, 0.15) is 13.2 Å². The molecule has 0 aromatic heterocycles. The van der Waals surface area contributed by atoms with Gasteiger partial charge in [0.2, 0.25) is 0 Å². The second-order valence-electron chi connectivity index (χ2n) is 23.1. The summed E-state index contributed by atoms with van der Waals surface area (Å²) in [5.74, 6) is -0.979. The van der Waals surface area contributed by atoms with Crippen molar-refractivity contribution in [2.45, 2.75) is 354 Å². The number of hydrogen-bond donors (Lipinski definition) is 0. The van der Waals surface area contributed by atoms with E-state index in [2.05, 4.69) is 99.8 Å². The van der Waals surface area contributed by atoms with Gasteiger partial charge in [-0.15, -0.1) is 0 Å². The fraction of sp³-hybridized carbons (Fsp3) is 0.770. The zero-order valence-electron chi connectivity index (χ0n) is 53.1. The molecule has 1 unspecified atom stereocenters. The number of carbonyl (C=O) groups is 3. The maximum Gasteiger partial charge on any atom is 0.306 e. The normalized spacial score (nSPS) is 12.6. The van der Waals surface area contributed by atoms with E-state index in [1.165, 1.54) is 218 Å². The Bertz CT molecular complexity index is 1520. The van der Waals surface area contributed by atoms with Gasteiger partial charge in [-0.3, -0.25) is 14.4 Å². The first-order valence-electron chi connectivity index (χ1n) is 34.6. The first-order valence-corrected chi connectivity index (χ1v) is 34.6. The van der Waals surface area contributed by atoms with Gasteiger partial charge >= 0.3 is 17.9 Å². The molecule has 0 aromatic carbocycles. The number of carbonyl (C=O) groups excluding carboxylic acids is 3. The molecule has 0 saturated heterocycles.